The monoisotopic (exact) mass is 268 g/mol. The lowest BCUT2D eigenvalue weighted by Crippen LogP contribution is -2.28. The Balaban J connectivity index is 2.39. The van der Waals surface area contributed by atoms with E-state index < -0.39 is 0 Å². The number of rotatable bonds is 5. The molecule has 0 unspecified atom stereocenters. The second-order valence-electron chi connectivity index (χ2n) is 5.34. The van der Waals surface area contributed by atoms with E-state index in [0.717, 1.165) is 24.0 Å². The van der Waals surface area contributed by atoms with Gasteiger partial charge in [-0.25, -0.2) is 0 Å². The molecule has 0 radical (unpaired) electrons. The van der Waals surface area contributed by atoms with Gasteiger partial charge in [0.05, 0.1) is 5.82 Å². The molecule has 0 spiro atoms. The fourth-order valence-electron chi connectivity index (χ4n) is 2.31. The topological polar surface area (TPSA) is 38.0 Å². The first-order valence-electron chi connectivity index (χ1n) is 6.72. The van der Waals surface area contributed by atoms with Crippen molar-refractivity contribution in [3.63, 3.8) is 0 Å². The number of hydrogen-bond acceptors (Lipinski definition) is 2. The van der Waals surface area contributed by atoms with Crippen molar-refractivity contribution in [2.24, 2.45) is 17.6 Å². The van der Waals surface area contributed by atoms with Crippen LogP contribution in [-0.2, 0) is 0 Å². The molecule has 1 saturated carbocycles. The average Bonchev–Trinajstić information content (AvgIpc) is 2.37. The summed E-state index contributed by atoms with van der Waals surface area (Å²) in [6.07, 6.45) is 8.81. The van der Waals surface area contributed by atoms with Crippen molar-refractivity contribution in [2.45, 2.75) is 39.5 Å². The molecule has 1 aliphatic rings. The Bertz CT molecular complexity index is 336. The minimum Gasteiger partial charge on any atom is -0.386 e. The highest BCUT2D eigenvalue weighted by Crippen LogP contribution is 2.27. The fourth-order valence-corrected chi connectivity index (χ4v) is 2.36. The maximum Gasteiger partial charge on any atom is 0.0963 e. The molecule has 0 atom stereocenters. The molecule has 18 heavy (non-hydrogen) atoms. The van der Waals surface area contributed by atoms with Crippen LogP contribution < -0.4 is 11.1 Å². The maximum absolute atomic E-state index is 5.96. The maximum atomic E-state index is 5.96. The zero-order chi connectivity index (χ0) is 13.5. The highest BCUT2D eigenvalue weighted by molar-refractivity contribution is 6.31. The van der Waals surface area contributed by atoms with Gasteiger partial charge in [-0.05, 0) is 43.3 Å². The molecule has 1 rings (SSSR count). The second-order valence-corrected chi connectivity index (χ2v) is 5.75. The van der Waals surface area contributed by atoms with Crippen molar-refractivity contribution in [1.82, 2.24) is 5.32 Å². The van der Waals surface area contributed by atoms with Crippen molar-refractivity contribution in [3.8, 4) is 0 Å². The normalized spacial score (nSPS) is 26.5. The lowest BCUT2D eigenvalue weighted by atomic mass is 9.83. The van der Waals surface area contributed by atoms with Gasteiger partial charge in [0.25, 0.3) is 0 Å². The Hall–Kier alpha value is -0.890. The van der Waals surface area contributed by atoms with E-state index in [9.17, 15) is 0 Å². The number of nitrogens with one attached hydrogen (secondary N) is 1. The lowest BCUT2D eigenvalue weighted by molar-refractivity contribution is 0.286. The van der Waals surface area contributed by atoms with E-state index >= 15 is 0 Å². The van der Waals surface area contributed by atoms with Crippen molar-refractivity contribution in [3.05, 3.63) is 35.2 Å². The zero-order valence-electron chi connectivity index (χ0n) is 11.5. The van der Waals surface area contributed by atoms with E-state index in [4.69, 9.17) is 17.3 Å². The molecule has 1 fully saturated rings. The fraction of sp³-hybridized carbons (Fsp3) is 0.600. The summed E-state index contributed by atoms with van der Waals surface area (Å²) in [5.74, 6) is 2.34. The zero-order valence-corrected chi connectivity index (χ0v) is 12.3. The van der Waals surface area contributed by atoms with Crippen LogP contribution in [0.3, 0.4) is 0 Å². The van der Waals surface area contributed by atoms with Gasteiger partial charge in [0.2, 0.25) is 0 Å². The third-order valence-corrected chi connectivity index (χ3v) is 4.11. The van der Waals surface area contributed by atoms with Gasteiger partial charge in [0.15, 0.2) is 0 Å². The van der Waals surface area contributed by atoms with E-state index in [1.807, 2.05) is 13.0 Å². The number of hydrogen-bond donors (Lipinski definition) is 2. The van der Waals surface area contributed by atoms with Crippen molar-refractivity contribution in [2.75, 3.05) is 6.54 Å². The Morgan fingerprint density at radius 2 is 2.00 bits per heavy atom. The van der Waals surface area contributed by atoms with Crippen LogP contribution in [0.5, 0.6) is 0 Å². The van der Waals surface area contributed by atoms with Crippen LogP contribution in [-0.4, -0.2) is 6.54 Å². The van der Waals surface area contributed by atoms with Crippen LogP contribution in [0.1, 0.15) is 39.5 Å². The van der Waals surface area contributed by atoms with Crippen LogP contribution in [0.25, 0.3) is 0 Å². The Kier molecular flexibility index (Phi) is 6.34. The van der Waals surface area contributed by atoms with Crippen LogP contribution in [0.15, 0.2) is 35.2 Å². The van der Waals surface area contributed by atoms with Crippen LogP contribution >= 0.6 is 11.6 Å². The summed E-state index contributed by atoms with van der Waals surface area (Å²) >= 11 is 5.96. The summed E-state index contributed by atoms with van der Waals surface area (Å²) in [5.41, 5.74) is 6.87. The predicted molar refractivity (Wildman–Crippen MR) is 80.1 cm³/mol. The minimum atomic E-state index is 0.645. The van der Waals surface area contributed by atoms with Crippen LogP contribution in [0.4, 0.5) is 0 Å². The number of nitrogens with two attached hydrogens (primary N) is 1. The third kappa shape index (κ3) is 5.18. The van der Waals surface area contributed by atoms with Gasteiger partial charge in [-0.2, -0.15) is 0 Å². The first-order valence-corrected chi connectivity index (χ1v) is 7.10. The van der Waals surface area contributed by atoms with Gasteiger partial charge in [-0.1, -0.05) is 44.0 Å². The van der Waals surface area contributed by atoms with Gasteiger partial charge in [-0.15, -0.1) is 0 Å². The molecule has 0 aromatic carbocycles. The first-order chi connectivity index (χ1) is 8.52. The summed E-state index contributed by atoms with van der Waals surface area (Å²) in [4.78, 5) is 0. The van der Waals surface area contributed by atoms with Crippen molar-refractivity contribution < 1.29 is 0 Å². The van der Waals surface area contributed by atoms with E-state index in [1.165, 1.54) is 25.7 Å². The minimum absolute atomic E-state index is 0.645. The van der Waals surface area contributed by atoms with Crippen molar-refractivity contribution >= 4 is 11.6 Å². The standard InChI is InChI=1S/C15H25ClN2/c1-4-14(16)12(3)9-15(17)18-10-13-7-5-11(2)6-8-13/h4,9,11,13,18H,1,5-8,10,17H2,2-3H3/b14-12+,15-9+/t11-,13-. The molecule has 1 aliphatic carbocycles. The molecule has 2 nitrogen and oxygen atoms in total. The first kappa shape index (κ1) is 15.2. The molecule has 0 aromatic heterocycles. The molecule has 0 heterocycles. The second kappa shape index (κ2) is 7.52. The van der Waals surface area contributed by atoms with E-state index in [-0.39, 0.29) is 0 Å². The van der Waals surface area contributed by atoms with Gasteiger partial charge < -0.3 is 11.1 Å². The summed E-state index contributed by atoms with van der Waals surface area (Å²) in [5, 5.41) is 3.93. The Morgan fingerprint density at radius 1 is 1.39 bits per heavy atom. The number of allylic oxidation sites excluding steroid dienone is 4. The molecule has 102 valence electrons. The quantitative estimate of drug-likeness (QED) is 0.742. The smallest absolute Gasteiger partial charge is 0.0963 e. The summed E-state index contributed by atoms with van der Waals surface area (Å²) < 4.78 is 0. The molecule has 0 aromatic rings. The third-order valence-electron chi connectivity index (χ3n) is 3.66. The molecular formula is C15H25ClN2. The summed E-state index contributed by atoms with van der Waals surface area (Å²) in [7, 11) is 0. The van der Waals surface area contributed by atoms with Gasteiger partial charge in [-0.3, -0.25) is 0 Å². The average molecular weight is 269 g/mol. The molecule has 0 aliphatic heterocycles. The van der Waals surface area contributed by atoms with E-state index in [0.29, 0.717) is 10.9 Å². The van der Waals surface area contributed by atoms with Gasteiger partial charge >= 0.3 is 0 Å². The Labute approximate surface area is 116 Å². The van der Waals surface area contributed by atoms with Crippen molar-refractivity contribution in [1.29, 1.82) is 0 Å². The molecule has 0 amide bonds. The van der Waals surface area contributed by atoms with Gasteiger partial charge in [0.1, 0.15) is 0 Å². The molecule has 3 heteroatoms. The molecule has 0 bridgehead atoms. The van der Waals surface area contributed by atoms with Crippen LogP contribution in [0.2, 0.25) is 0 Å². The van der Waals surface area contributed by atoms with E-state index in [1.54, 1.807) is 6.08 Å². The largest absolute Gasteiger partial charge is 0.386 e. The highest BCUT2D eigenvalue weighted by atomic mass is 35.5. The summed E-state index contributed by atoms with van der Waals surface area (Å²) in [6.45, 7) is 8.87. The molecular weight excluding hydrogens is 244 g/mol. The SMILES string of the molecule is C=C/C(Cl)=C(C)\C=C(/N)NC[C@H]1CC[C@H](C)CC1. The summed E-state index contributed by atoms with van der Waals surface area (Å²) in [6, 6.07) is 0. The predicted octanol–water partition coefficient (Wildman–Crippen LogP) is 3.90. The highest BCUT2D eigenvalue weighted by Gasteiger charge is 2.17. The lowest BCUT2D eigenvalue weighted by Gasteiger charge is -2.26. The molecule has 3 N–H and O–H groups in total. The van der Waals surface area contributed by atoms with Gasteiger partial charge in [0, 0.05) is 11.6 Å². The molecule has 0 saturated heterocycles. The van der Waals surface area contributed by atoms with E-state index in [2.05, 4.69) is 18.8 Å². The van der Waals surface area contributed by atoms with Crippen LogP contribution in [0, 0.1) is 11.8 Å². The number of halogens is 1. The Morgan fingerprint density at radius 3 is 2.56 bits per heavy atom.